The first kappa shape index (κ1) is 15.4. The number of nitrogens with two attached hydrogens (primary N) is 1. The van der Waals surface area contributed by atoms with Crippen LogP contribution in [0.25, 0.3) is 0 Å². The number of rotatable bonds is 3. The first-order chi connectivity index (χ1) is 8.40. The molecular formula is C10H11F3N2O3S. The van der Waals surface area contributed by atoms with Crippen LogP contribution in [0.3, 0.4) is 0 Å². The van der Waals surface area contributed by atoms with Crippen LogP contribution in [-0.4, -0.2) is 24.1 Å². The van der Waals surface area contributed by atoms with Crippen LogP contribution in [0, 0.1) is 0 Å². The molecule has 0 spiro atoms. The fraction of sp³-hybridized carbons (Fsp3) is 0.400. The lowest BCUT2D eigenvalue weighted by Gasteiger charge is -2.20. The Morgan fingerprint density at radius 1 is 1.26 bits per heavy atom. The number of amides is 1. The zero-order chi connectivity index (χ0) is 15.1. The lowest BCUT2D eigenvalue weighted by molar-refractivity contribution is -0.141. The molecule has 19 heavy (non-hydrogen) atoms. The lowest BCUT2D eigenvalue weighted by Crippen LogP contribution is -2.45. The van der Waals surface area contributed by atoms with Crippen molar-refractivity contribution in [1.29, 1.82) is 0 Å². The van der Waals surface area contributed by atoms with Crippen molar-refractivity contribution in [3.8, 4) is 0 Å². The average Bonchev–Trinajstić information content (AvgIpc) is 2.27. The van der Waals surface area contributed by atoms with Gasteiger partial charge < -0.3 is 5.73 Å². The number of alkyl halides is 3. The van der Waals surface area contributed by atoms with E-state index in [0.29, 0.717) is 12.3 Å². The van der Waals surface area contributed by atoms with Crippen molar-refractivity contribution in [3.63, 3.8) is 0 Å². The third-order valence-corrected chi connectivity index (χ3v) is 5.01. The topological polar surface area (TPSA) is 90.1 Å². The van der Waals surface area contributed by atoms with Gasteiger partial charge in [-0.05, 0) is 26.0 Å². The third kappa shape index (κ3) is 2.70. The molecule has 0 aliphatic carbocycles. The number of carbonyl (C=O) groups is 1. The van der Waals surface area contributed by atoms with Gasteiger partial charge in [0.25, 0.3) is 0 Å². The summed E-state index contributed by atoms with van der Waals surface area (Å²) in [5.74, 6) is -1.10. The van der Waals surface area contributed by atoms with Crippen molar-refractivity contribution in [2.75, 3.05) is 0 Å². The van der Waals surface area contributed by atoms with Crippen molar-refractivity contribution in [3.05, 3.63) is 24.0 Å². The Hall–Kier alpha value is -1.64. The highest BCUT2D eigenvalue weighted by Gasteiger charge is 2.42. The second kappa shape index (κ2) is 4.48. The van der Waals surface area contributed by atoms with E-state index in [2.05, 4.69) is 4.98 Å². The van der Waals surface area contributed by atoms with Crippen molar-refractivity contribution in [2.45, 2.75) is 29.7 Å². The monoisotopic (exact) mass is 296 g/mol. The summed E-state index contributed by atoms with van der Waals surface area (Å²) in [7, 11) is -4.20. The molecule has 0 saturated heterocycles. The maximum Gasteiger partial charge on any atom is 0.433 e. The lowest BCUT2D eigenvalue weighted by atomic mass is 10.2. The first-order valence-electron chi connectivity index (χ1n) is 4.98. The van der Waals surface area contributed by atoms with Crippen LogP contribution in [0.15, 0.2) is 23.2 Å². The molecule has 0 fully saturated rings. The normalized spacial score (nSPS) is 13.3. The number of sulfone groups is 1. The Bertz CT molecular complexity index is 591. The van der Waals surface area contributed by atoms with E-state index in [0.717, 1.165) is 19.9 Å². The van der Waals surface area contributed by atoms with Gasteiger partial charge in [-0.15, -0.1) is 0 Å². The fourth-order valence-electron chi connectivity index (χ4n) is 1.13. The van der Waals surface area contributed by atoms with E-state index in [4.69, 9.17) is 5.73 Å². The fourth-order valence-corrected chi connectivity index (χ4v) is 2.43. The van der Waals surface area contributed by atoms with Crippen LogP contribution in [-0.2, 0) is 20.8 Å². The molecule has 0 atom stereocenters. The van der Waals surface area contributed by atoms with Gasteiger partial charge in [0.05, 0.1) is 4.90 Å². The highest BCUT2D eigenvalue weighted by atomic mass is 32.2. The van der Waals surface area contributed by atoms with Crippen molar-refractivity contribution in [2.24, 2.45) is 5.73 Å². The predicted molar refractivity (Wildman–Crippen MR) is 59.7 cm³/mol. The van der Waals surface area contributed by atoms with Gasteiger partial charge in [0.2, 0.25) is 5.91 Å². The molecule has 2 N–H and O–H groups in total. The Labute approximate surface area is 107 Å². The number of pyridine rings is 1. The maximum atomic E-state index is 12.3. The Kier molecular flexibility index (Phi) is 3.63. The van der Waals surface area contributed by atoms with Crippen molar-refractivity contribution < 1.29 is 26.4 Å². The van der Waals surface area contributed by atoms with Crippen LogP contribution >= 0.6 is 0 Å². The standard InChI is InChI=1S/C10H11F3N2O3S/c1-9(2,8(14)16)19(17,18)6-3-4-7(15-5-6)10(11,12)13/h3-5H,1-2H3,(H2,14,16). The summed E-state index contributed by atoms with van der Waals surface area (Å²) in [4.78, 5) is 13.6. The molecular weight excluding hydrogens is 285 g/mol. The molecule has 9 heteroatoms. The summed E-state index contributed by atoms with van der Waals surface area (Å²) in [5.41, 5.74) is 3.76. The minimum atomic E-state index is -4.67. The van der Waals surface area contributed by atoms with Gasteiger partial charge in [-0.2, -0.15) is 13.2 Å². The van der Waals surface area contributed by atoms with Gasteiger partial charge in [0, 0.05) is 6.20 Å². The van der Waals surface area contributed by atoms with Crippen LogP contribution in [0.1, 0.15) is 19.5 Å². The average molecular weight is 296 g/mol. The number of halogens is 3. The van der Waals surface area contributed by atoms with Gasteiger partial charge in [0.15, 0.2) is 9.84 Å². The van der Waals surface area contributed by atoms with Crippen LogP contribution in [0.4, 0.5) is 13.2 Å². The Morgan fingerprint density at radius 2 is 1.79 bits per heavy atom. The van der Waals surface area contributed by atoms with Gasteiger partial charge in [0.1, 0.15) is 10.4 Å². The number of aromatic nitrogens is 1. The minimum Gasteiger partial charge on any atom is -0.368 e. The Morgan fingerprint density at radius 3 is 2.11 bits per heavy atom. The summed E-state index contributed by atoms with van der Waals surface area (Å²) in [5, 5.41) is 0. The highest BCUT2D eigenvalue weighted by Crippen LogP contribution is 2.29. The largest absolute Gasteiger partial charge is 0.433 e. The van der Waals surface area contributed by atoms with E-state index in [1.165, 1.54) is 0 Å². The molecule has 0 aliphatic rings. The second-order valence-corrected chi connectivity index (χ2v) is 6.75. The van der Waals surface area contributed by atoms with Gasteiger partial charge in [-0.1, -0.05) is 0 Å². The molecule has 0 unspecified atom stereocenters. The van der Waals surface area contributed by atoms with Gasteiger partial charge in [-0.3, -0.25) is 9.78 Å². The number of carbonyl (C=O) groups excluding carboxylic acids is 1. The summed E-state index contributed by atoms with van der Waals surface area (Å²) < 4.78 is 59.0. The van der Waals surface area contributed by atoms with E-state index in [-0.39, 0.29) is 0 Å². The number of nitrogens with zero attached hydrogens (tertiary/aromatic N) is 1. The van der Waals surface area contributed by atoms with Gasteiger partial charge >= 0.3 is 6.18 Å². The summed E-state index contributed by atoms with van der Waals surface area (Å²) in [6.45, 7) is 2.14. The first-order valence-corrected chi connectivity index (χ1v) is 6.47. The summed E-state index contributed by atoms with van der Waals surface area (Å²) in [6, 6.07) is 1.28. The molecule has 5 nitrogen and oxygen atoms in total. The molecule has 0 aromatic carbocycles. The maximum absolute atomic E-state index is 12.3. The molecule has 0 radical (unpaired) electrons. The number of hydrogen-bond donors (Lipinski definition) is 1. The van der Waals surface area contributed by atoms with E-state index in [1.807, 2.05) is 0 Å². The molecule has 1 rings (SSSR count). The zero-order valence-electron chi connectivity index (χ0n) is 10.0. The minimum absolute atomic E-state index is 0.496. The third-order valence-electron chi connectivity index (χ3n) is 2.60. The second-order valence-electron chi connectivity index (χ2n) is 4.25. The van der Waals surface area contributed by atoms with E-state index in [9.17, 15) is 26.4 Å². The quantitative estimate of drug-likeness (QED) is 0.905. The smallest absolute Gasteiger partial charge is 0.368 e. The molecule has 0 aliphatic heterocycles. The van der Waals surface area contributed by atoms with Crippen molar-refractivity contribution in [1.82, 2.24) is 4.98 Å². The highest BCUT2D eigenvalue weighted by molar-refractivity contribution is 7.93. The Balaban J connectivity index is 3.29. The van der Waals surface area contributed by atoms with Crippen LogP contribution in [0.2, 0.25) is 0 Å². The van der Waals surface area contributed by atoms with E-state index in [1.54, 1.807) is 0 Å². The molecule has 106 valence electrons. The molecule has 0 saturated carbocycles. The SMILES string of the molecule is CC(C)(C(N)=O)S(=O)(=O)c1ccc(C(F)(F)F)nc1. The summed E-state index contributed by atoms with van der Waals surface area (Å²) >= 11 is 0. The van der Waals surface area contributed by atoms with Crippen molar-refractivity contribution >= 4 is 15.7 Å². The number of hydrogen-bond acceptors (Lipinski definition) is 4. The zero-order valence-corrected chi connectivity index (χ0v) is 10.8. The molecule has 1 aromatic heterocycles. The predicted octanol–water partition coefficient (Wildman–Crippen LogP) is 1.14. The van der Waals surface area contributed by atoms with Crippen LogP contribution in [0.5, 0.6) is 0 Å². The molecule has 1 amide bonds. The molecule has 0 bridgehead atoms. The van der Waals surface area contributed by atoms with Crippen LogP contribution < -0.4 is 5.73 Å². The van der Waals surface area contributed by atoms with Gasteiger partial charge in [-0.25, -0.2) is 8.42 Å². The molecule has 1 aromatic rings. The number of primary amides is 1. The van der Waals surface area contributed by atoms with E-state index >= 15 is 0 Å². The summed E-state index contributed by atoms with van der Waals surface area (Å²) in [6.07, 6.45) is -4.11. The van der Waals surface area contributed by atoms with E-state index < -0.39 is 37.3 Å². The molecule has 1 heterocycles.